The van der Waals surface area contributed by atoms with Gasteiger partial charge >= 0.3 is 5.97 Å². The molecule has 0 atom stereocenters. The number of carbonyl (C=O) groups excluding carboxylic acids is 1. The lowest BCUT2D eigenvalue weighted by molar-refractivity contribution is 0.00626. The number of alkyl halides is 1. The SMILES string of the molecule is CC(C)(C)OC(=O)c1c(F)cc(CBr)cc1O[Si](C)(C)C(C)(C)C. The third-order valence-corrected chi connectivity index (χ3v) is 9.03. The average Bonchev–Trinajstić information content (AvgIpc) is 2.33. The Labute approximate surface area is 154 Å². The van der Waals surface area contributed by atoms with Crippen molar-refractivity contribution in [3.8, 4) is 5.75 Å². The minimum absolute atomic E-state index is 0.0704. The summed E-state index contributed by atoms with van der Waals surface area (Å²) in [6.45, 7) is 15.7. The standard InChI is InChI=1S/C18H28BrFO3Si/c1-17(2,3)22-16(21)15-13(20)9-12(11-19)10-14(15)23-24(7,8)18(4,5)6/h9-10H,11H2,1-8H3. The molecule has 6 heteroatoms. The van der Waals surface area contributed by atoms with E-state index >= 15 is 0 Å². The van der Waals surface area contributed by atoms with Gasteiger partial charge < -0.3 is 9.16 Å². The Hall–Kier alpha value is -0.883. The van der Waals surface area contributed by atoms with Crippen molar-refractivity contribution in [2.24, 2.45) is 0 Å². The summed E-state index contributed by atoms with van der Waals surface area (Å²) in [5, 5.41) is 0.408. The predicted octanol–water partition coefficient (Wildman–Crippen LogP) is 6.06. The minimum Gasteiger partial charge on any atom is -0.543 e. The Kier molecular flexibility index (Phi) is 6.31. The van der Waals surface area contributed by atoms with E-state index in [9.17, 15) is 9.18 Å². The Balaban J connectivity index is 3.41. The van der Waals surface area contributed by atoms with Gasteiger partial charge in [-0.3, -0.25) is 0 Å². The molecule has 0 N–H and O–H groups in total. The van der Waals surface area contributed by atoms with Gasteiger partial charge in [-0.1, -0.05) is 36.7 Å². The molecule has 0 aliphatic rings. The van der Waals surface area contributed by atoms with Gasteiger partial charge in [-0.2, -0.15) is 0 Å². The number of hydrogen-bond acceptors (Lipinski definition) is 3. The number of halogens is 2. The lowest BCUT2D eigenvalue weighted by atomic mass is 10.1. The van der Waals surface area contributed by atoms with Crippen molar-refractivity contribution in [1.29, 1.82) is 0 Å². The van der Waals surface area contributed by atoms with Crippen molar-refractivity contribution in [2.75, 3.05) is 0 Å². The van der Waals surface area contributed by atoms with Gasteiger partial charge in [0.15, 0.2) is 0 Å². The van der Waals surface area contributed by atoms with E-state index in [1.807, 2.05) is 0 Å². The van der Waals surface area contributed by atoms with Crippen LogP contribution in [0.2, 0.25) is 18.1 Å². The van der Waals surface area contributed by atoms with Crippen molar-refractivity contribution in [3.05, 3.63) is 29.1 Å². The maximum atomic E-state index is 14.6. The fourth-order valence-corrected chi connectivity index (χ4v) is 3.09. The van der Waals surface area contributed by atoms with Gasteiger partial charge in [0.2, 0.25) is 0 Å². The molecule has 0 amide bonds. The highest BCUT2D eigenvalue weighted by Crippen LogP contribution is 2.39. The maximum Gasteiger partial charge on any atom is 0.345 e. The summed E-state index contributed by atoms with van der Waals surface area (Å²) in [5.74, 6) is -1.05. The summed E-state index contributed by atoms with van der Waals surface area (Å²) in [6, 6.07) is 3.06. The van der Waals surface area contributed by atoms with Crippen LogP contribution in [0.4, 0.5) is 4.39 Å². The van der Waals surface area contributed by atoms with E-state index in [1.165, 1.54) is 6.07 Å². The summed E-state index contributed by atoms with van der Waals surface area (Å²) >= 11 is 3.33. The monoisotopic (exact) mass is 418 g/mol. The summed E-state index contributed by atoms with van der Waals surface area (Å²) < 4.78 is 26.2. The molecule has 0 heterocycles. The highest BCUT2D eigenvalue weighted by molar-refractivity contribution is 9.08. The zero-order valence-electron chi connectivity index (χ0n) is 15.8. The highest BCUT2D eigenvalue weighted by Gasteiger charge is 2.40. The molecule has 0 aliphatic carbocycles. The summed E-state index contributed by atoms with van der Waals surface area (Å²) in [4.78, 5) is 12.5. The molecule has 0 aromatic heterocycles. The Morgan fingerprint density at radius 2 is 1.71 bits per heavy atom. The molecular weight excluding hydrogens is 391 g/mol. The van der Waals surface area contributed by atoms with E-state index in [2.05, 4.69) is 49.8 Å². The topological polar surface area (TPSA) is 35.5 Å². The molecule has 0 bridgehead atoms. The average molecular weight is 419 g/mol. The number of benzene rings is 1. The Morgan fingerprint density at radius 3 is 2.12 bits per heavy atom. The van der Waals surface area contributed by atoms with Crippen molar-refractivity contribution in [1.82, 2.24) is 0 Å². The van der Waals surface area contributed by atoms with E-state index in [0.717, 1.165) is 0 Å². The molecule has 3 nitrogen and oxygen atoms in total. The van der Waals surface area contributed by atoms with Crippen LogP contribution in [-0.2, 0) is 10.1 Å². The normalized spacial score (nSPS) is 12.9. The Bertz CT molecular complexity index is 616. The van der Waals surface area contributed by atoms with Crippen molar-refractivity contribution in [3.63, 3.8) is 0 Å². The van der Waals surface area contributed by atoms with Gasteiger partial charge in [0, 0.05) is 5.33 Å². The van der Waals surface area contributed by atoms with Crippen LogP contribution in [0.5, 0.6) is 5.75 Å². The van der Waals surface area contributed by atoms with Crippen LogP contribution < -0.4 is 4.43 Å². The summed E-state index contributed by atoms with van der Waals surface area (Å²) in [7, 11) is -2.23. The van der Waals surface area contributed by atoms with Gasteiger partial charge in [0.05, 0.1) is 0 Å². The molecule has 24 heavy (non-hydrogen) atoms. The molecule has 0 saturated carbocycles. The zero-order valence-corrected chi connectivity index (χ0v) is 18.4. The third kappa shape index (κ3) is 5.31. The first-order chi connectivity index (χ1) is 10.7. The van der Waals surface area contributed by atoms with Crippen LogP contribution in [0.1, 0.15) is 57.5 Å². The fraction of sp³-hybridized carbons (Fsp3) is 0.611. The second kappa shape index (κ2) is 7.16. The molecule has 0 spiro atoms. The molecule has 0 aliphatic heterocycles. The molecular formula is C18H28BrFO3Si. The van der Waals surface area contributed by atoms with Crippen LogP contribution in [0.3, 0.4) is 0 Å². The summed E-state index contributed by atoms with van der Waals surface area (Å²) in [5.41, 5.74) is -0.112. The first-order valence-electron chi connectivity index (χ1n) is 7.99. The molecule has 0 unspecified atom stereocenters. The largest absolute Gasteiger partial charge is 0.543 e. The third-order valence-electron chi connectivity index (χ3n) is 4.04. The van der Waals surface area contributed by atoms with Crippen LogP contribution >= 0.6 is 15.9 Å². The van der Waals surface area contributed by atoms with Gasteiger partial charge in [-0.05, 0) is 56.6 Å². The minimum atomic E-state index is -2.23. The number of carbonyl (C=O) groups is 1. The van der Waals surface area contributed by atoms with Crippen molar-refractivity contribution < 1.29 is 18.3 Å². The van der Waals surface area contributed by atoms with Crippen molar-refractivity contribution in [2.45, 2.75) is 70.6 Å². The predicted molar refractivity (Wildman–Crippen MR) is 102 cm³/mol. The van der Waals surface area contributed by atoms with Crippen LogP contribution in [-0.4, -0.2) is 19.9 Å². The quantitative estimate of drug-likeness (QED) is 0.338. The van der Waals surface area contributed by atoms with Crippen LogP contribution in [0.25, 0.3) is 0 Å². The molecule has 136 valence electrons. The molecule has 0 fully saturated rings. The molecule has 0 saturated heterocycles. The maximum absolute atomic E-state index is 14.6. The summed E-state index contributed by atoms with van der Waals surface area (Å²) in [6.07, 6.45) is 0. The zero-order chi connectivity index (χ0) is 18.9. The lowest BCUT2D eigenvalue weighted by Gasteiger charge is -2.37. The smallest absolute Gasteiger partial charge is 0.345 e. The number of esters is 1. The Morgan fingerprint density at radius 1 is 1.17 bits per heavy atom. The second-order valence-electron chi connectivity index (χ2n) is 8.45. The van der Waals surface area contributed by atoms with Gasteiger partial charge in [0.1, 0.15) is 22.7 Å². The van der Waals surface area contributed by atoms with E-state index in [0.29, 0.717) is 10.9 Å². The number of rotatable bonds is 4. The first kappa shape index (κ1) is 21.2. The first-order valence-corrected chi connectivity index (χ1v) is 12.0. The van der Waals surface area contributed by atoms with E-state index < -0.39 is 25.7 Å². The molecule has 0 radical (unpaired) electrons. The van der Waals surface area contributed by atoms with E-state index in [1.54, 1.807) is 26.8 Å². The van der Waals surface area contributed by atoms with Gasteiger partial charge in [-0.15, -0.1) is 0 Å². The molecule has 1 aromatic rings. The van der Waals surface area contributed by atoms with E-state index in [-0.39, 0.29) is 16.4 Å². The fourth-order valence-electron chi connectivity index (χ4n) is 1.75. The van der Waals surface area contributed by atoms with Crippen LogP contribution in [0.15, 0.2) is 12.1 Å². The van der Waals surface area contributed by atoms with Gasteiger partial charge in [-0.25, -0.2) is 9.18 Å². The number of ether oxygens (including phenoxy) is 1. The van der Waals surface area contributed by atoms with E-state index in [4.69, 9.17) is 9.16 Å². The highest BCUT2D eigenvalue weighted by atomic mass is 79.9. The van der Waals surface area contributed by atoms with Crippen molar-refractivity contribution >= 4 is 30.2 Å². The lowest BCUT2D eigenvalue weighted by Crippen LogP contribution is -2.44. The van der Waals surface area contributed by atoms with Gasteiger partial charge in [0.25, 0.3) is 8.32 Å². The second-order valence-corrected chi connectivity index (χ2v) is 13.7. The molecule has 1 rings (SSSR count). The van der Waals surface area contributed by atoms with Crippen LogP contribution in [0, 0.1) is 5.82 Å². The molecule has 1 aromatic carbocycles. The number of hydrogen-bond donors (Lipinski definition) is 0.